The van der Waals surface area contributed by atoms with Crippen LogP contribution < -0.4 is 8.92 Å². The molecule has 25 heavy (non-hydrogen) atoms. The van der Waals surface area contributed by atoms with E-state index in [1.54, 1.807) is 0 Å². The summed E-state index contributed by atoms with van der Waals surface area (Å²) in [6.07, 6.45) is 2.18. The van der Waals surface area contributed by atoms with Crippen molar-refractivity contribution in [3.05, 3.63) is 29.3 Å². The fourth-order valence-electron chi connectivity index (χ4n) is 2.15. The van der Waals surface area contributed by atoms with Crippen molar-refractivity contribution in [2.75, 3.05) is 27.5 Å². The first kappa shape index (κ1) is 18.5. The number of nitrogens with zero attached hydrogens (tertiary/aromatic N) is 2. The van der Waals surface area contributed by atoms with Crippen LogP contribution in [0.25, 0.3) is 6.08 Å². The van der Waals surface area contributed by atoms with E-state index in [9.17, 15) is 22.8 Å². The van der Waals surface area contributed by atoms with Gasteiger partial charge in [0.25, 0.3) is 11.8 Å². The zero-order valence-electron chi connectivity index (χ0n) is 14.0. The molecule has 10 heteroatoms. The minimum atomic E-state index is -3.74. The van der Waals surface area contributed by atoms with Gasteiger partial charge in [-0.1, -0.05) is 6.07 Å². The summed E-state index contributed by atoms with van der Waals surface area (Å²) in [5, 5.41) is 0. The summed E-state index contributed by atoms with van der Waals surface area (Å²) in [5.41, 5.74) is 0.189. The van der Waals surface area contributed by atoms with E-state index in [0.717, 1.165) is 16.1 Å². The molecular weight excluding hydrogens is 352 g/mol. The van der Waals surface area contributed by atoms with Gasteiger partial charge in [-0.25, -0.2) is 4.79 Å². The van der Waals surface area contributed by atoms with Gasteiger partial charge in [0.1, 0.15) is 5.57 Å². The van der Waals surface area contributed by atoms with Crippen LogP contribution in [0.4, 0.5) is 4.79 Å². The Hall–Kier alpha value is -2.88. The Balaban J connectivity index is 2.45. The fourth-order valence-corrected chi connectivity index (χ4v) is 2.61. The van der Waals surface area contributed by atoms with E-state index in [2.05, 4.69) is 0 Å². The SMILES string of the molecule is COc1cc(C=C2C(=O)N(C)C(=O)N(C)C2=O)ccc1OS(C)(=O)=O. The number of methoxy groups -OCH3 is 1. The van der Waals surface area contributed by atoms with Crippen LogP contribution >= 0.6 is 0 Å². The second kappa shape index (κ2) is 6.55. The van der Waals surface area contributed by atoms with E-state index < -0.39 is 28.0 Å². The number of hydrogen-bond acceptors (Lipinski definition) is 7. The molecule has 9 nitrogen and oxygen atoms in total. The molecule has 0 radical (unpaired) electrons. The number of benzene rings is 1. The van der Waals surface area contributed by atoms with Gasteiger partial charge in [-0.3, -0.25) is 19.4 Å². The third-order valence-corrected chi connectivity index (χ3v) is 3.87. The molecule has 1 aromatic rings. The van der Waals surface area contributed by atoms with Gasteiger partial charge in [-0.15, -0.1) is 0 Å². The molecule has 1 aliphatic heterocycles. The first-order valence-electron chi connectivity index (χ1n) is 6.94. The van der Waals surface area contributed by atoms with Crippen molar-refractivity contribution in [1.29, 1.82) is 0 Å². The minimum Gasteiger partial charge on any atom is -0.493 e. The van der Waals surface area contributed by atoms with Crippen molar-refractivity contribution in [3.63, 3.8) is 0 Å². The Morgan fingerprint density at radius 1 is 1.00 bits per heavy atom. The summed E-state index contributed by atoms with van der Waals surface area (Å²) < 4.78 is 32.3. The van der Waals surface area contributed by atoms with Crippen LogP contribution in [0.2, 0.25) is 0 Å². The molecule has 0 aromatic heterocycles. The van der Waals surface area contributed by atoms with Gasteiger partial charge in [0.15, 0.2) is 11.5 Å². The summed E-state index contributed by atoms with van der Waals surface area (Å²) in [5.74, 6) is -1.39. The summed E-state index contributed by atoms with van der Waals surface area (Å²) >= 11 is 0. The van der Waals surface area contributed by atoms with E-state index in [-0.39, 0.29) is 17.1 Å². The molecule has 1 saturated heterocycles. The third kappa shape index (κ3) is 3.79. The third-order valence-electron chi connectivity index (χ3n) is 3.38. The van der Waals surface area contributed by atoms with Gasteiger partial charge in [-0.05, 0) is 23.8 Å². The normalized spacial score (nSPS) is 15.5. The summed E-state index contributed by atoms with van der Waals surface area (Å²) in [6.45, 7) is 0. The molecule has 1 aliphatic rings. The van der Waals surface area contributed by atoms with E-state index in [1.165, 1.54) is 45.5 Å². The molecule has 0 N–H and O–H groups in total. The van der Waals surface area contributed by atoms with Crippen LogP contribution in [0.1, 0.15) is 5.56 Å². The van der Waals surface area contributed by atoms with Crippen molar-refractivity contribution in [3.8, 4) is 11.5 Å². The Labute approximate surface area is 144 Å². The van der Waals surface area contributed by atoms with Crippen molar-refractivity contribution in [1.82, 2.24) is 9.80 Å². The molecule has 1 fully saturated rings. The van der Waals surface area contributed by atoms with Gasteiger partial charge in [0, 0.05) is 14.1 Å². The molecule has 134 valence electrons. The minimum absolute atomic E-state index is 0.0298. The second-order valence-corrected chi connectivity index (χ2v) is 6.84. The Morgan fingerprint density at radius 3 is 2.04 bits per heavy atom. The highest BCUT2D eigenvalue weighted by molar-refractivity contribution is 7.86. The van der Waals surface area contributed by atoms with Gasteiger partial charge in [0.2, 0.25) is 0 Å². The average Bonchev–Trinajstić information content (AvgIpc) is 2.55. The van der Waals surface area contributed by atoms with Crippen LogP contribution in [-0.2, 0) is 19.7 Å². The molecule has 4 amide bonds. The van der Waals surface area contributed by atoms with Gasteiger partial charge >= 0.3 is 16.1 Å². The standard InChI is InChI=1S/C15H16N2O7S/c1-16-13(18)10(14(19)17(2)15(16)20)7-9-5-6-11(12(8-9)23-3)24-25(4,21)22/h5-8H,1-4H3. The Bertz CT molecular complexity index is 863. The molecule has 2 rings (SSSR count). The maximum atomic E-state index is 12.2. The Kier molecular flexibility index (Phi) is 4.84. The molecule has 0 unspecified atom stereocenters. The highest BCUT2D eigenvalue weighted by Gasteiger charge is 2.37. The average molecular weight is 368 g/mol. The number of carbonyl (C=O) groups is 3. The lowest BCUT2D eigenvalue weighted by Crippen LogP contribution is -2.52. The molecule has 1 aromatic carbocycles. The number of imide groups is 2. The Morgan fingerprint density at radius 2 is 1.56 bits per heavy atom. The van der Waals surface area contributed by atoms with Gasteiger partial charge in [-0.2, -0.15) is 8.42 Å². The molecule has 1 heterocycles. The zero-order valence-corrected chi connectivity index (χ0v) is 14.8. The van der Waals surface area contributed by atoms with Crippen molar-refractivity contribution in [2.45, 2.75) is 0 Å². The molecule has 0 spiro atoms. The number of amides is 4. The highest BCUT2D eigenvalue weighted by atomic mass is 32.2. The maximum absolute atomic E-state index is 12.2. The molecule has 0 saturated carbocycles. The van der Waals surface area contributed by atoms with Crippen molar-refractivity contribution >= 4 is 34.0 Å². The number of urea groups is 1. The van der Waals surface area contributed by atoms with Gasteiger partial charge < -0.3 is 8.92 Å². The van der Waals surface area contributed by atoms with E-state index in [1.807, 2.05) is 0 Å². The van der Waals surface area contributed by atoms with E-state index in [4.69, 9.17) is 8.92 Å². The monoisotopic (exact) mass is 368 g/mol. The second-order valence-electron chi connectivity index (χ2n) is 5.27. The highest BCUT2D eigenvalue weighted by Crippen LogP contribution is 2.30. The van der Waals surface area contributed by atoms with Crippen LogP contribution in [0.3, 0.4) is 0 Å². The van der Waals surface area contributed by atoms with Crippen molar-refractivity contribution in [2.24, 2.45) is 0 Å². The molecule has 0 bridgehead atoms. The van der Waals surface area contributed by atoms with E-state index in [0.29, 0.717) is 5.56 Å². The lowest BCUT2D eigenvalue weighted by atomic mass is 10.1. The number of ether oxygens (including phenoxy) is 1. The van der Waals surface area contributed by atoms with Crippen LogP contribution in [0.5, 0.6) is 11.5 Å². The number of rotatable bonds is 4. The number of hydrogen-bond donors (Lipinski definition) is 0. The quantitative estimate of drug-likeness (QED) is 0.431. The topological polar surface area (TPSA) is 110 Å². The molecular formula is C15H16N2O7S. The lowest BCUT2D eigenvalue weighted by Gasteiger charge is -2.28. The smallest absolute Gasteiger partial charge is 0.333 e. The van der Waals surface area contributed by atoms with Crippen LogP contribution in [0, 0.1) is 0 Å². The maximum Gasteiger partial charge on any atom is 0.333 e. The number of likely N-dealkylation sites (N-methyl/N-ethyl adjacent to an activating group) is 2. The zero-order chi connectivity index (χ0) is 18.9. The van der Waals surface area contributed by atoms with Crippen molar-refractivity contribution < 1.29 is 31.7 Å². The largest absolute Gasteiger partial charge is 0.493 e. The number of barbiturate groups is 1. The number of carbonyl (C=O) groups excluding carboxylic acids is 3. The predicted octanol–water partition coefficient (Wildman–Crippen LogP) is 0.467. The molecule has 0 aliphatic carbocycles. The summed E-state index contributed by atoms with van der Waals surface area (Å²) in [7, 11) is 0.113. The fraction of sp³-hybridized carbons (Fsp3) is 0.267. The summed E-state index contributed by atoms with van der Waals surface area (Å²) in [6, 6.07) is 3.47. The summed E-state index contributed by atoms with van der Waals surface area (Å²) in [4.78, 5) is 37.7. The predicted molar refractivity (Wildman–Crippen MR) is 87.4 cm³/mol. The molecule has 0 atom stereocenters. The first-order chi connectivity index (χ1) is 11.5. The van der Waals surface area contributed by atoms with Gasteiger partial charge in [0.05, 0.1) is 13.4 Å². The van der Waals surface area contributed by atoms with Crippen LogP contribution in [-0.4, -0.2) is 63.5 Å². The first-order valence-corrected chi connectivity index (χ1v) is 8.76. The van der Waals surface area contributed by atoms with E-state index >= 15 is 0 Å². The van der Waals surface area contributed by atoms with Crippen LogP contribution in [0.15, 0.2) is 23.8 Å². The lowest BCUT2D eigenvalue weighted by molar-refractivity contribution is -0.134.